The quantitative estimate of drug-likeness (QED) is 0.176. The first-order valence-electron chi connectivity index (χ1n) is 18.4. The number of anilines is 2. The molecule has 0 N–H and O–H groups in total. The Bertz CT molecular complexity index is 2530. The summed E-state index contributed by atoms with van der Waals surface area (Å²) >= 11 is 0. The zero-order valence-corrected chi connectivity index (χ0v) is 29.1. The standard InChI is InChI=1S/C48H39N3O/c1-48-31-15-26-43(40(48)29-30-45-46(48)49-47(52-45)34-18-7-3-8-19-34)51(41-24-13-11-22-37(41)33-16-5-2-6-17-33)36-27-28-39-38-23-12-14-25-42(38)50(44(39)32-36)35-20-9-4-10-21-35/h2-20,22-29,31-32,35,45-46H,21,30H2,1H3/t35?,45?,46?,48-/m0/s1. The summed E-state index contributed by atoms with van der Waals surface area (Å²) in [5.41, 5.74) is 10.2. The molecule has 252 valence electrons. The summed E-state index contributed by atoms with van der Waals surface area (Å²) in [5.74, 6) is 0.743. The number of allylic oxidation sites excluding steroid dienone is 7. The molecule has 0 spiro atoms. The molecule has 0 amide bonds. The third-order valence-electron chi connectivity index (χ3n) is 11.3. The summed E-state index contributed by atoms with van der Waals surface area (Å²) in [4.78, 5) is 7.80. The fourth-order valence-electron chi connectivity index (χ4n) is 8.86. The van der Waals surface area contributed by atoms with E-state index in [0.29, 0.717) is 0 Å². The molecule has 4 heteroatoms. The third-order valence-corrected chi connectivity index (χ3v) is 11.3. The highest BCUT2D eigenvalue weighted by Crippen LogP contribution is 2.52. The van der Waals surface area contributed by atoms with Crippen molar-refractivity contribution < 1.29 is 4.74 Å². The highest BCUT2D eigenvalue weighted by Gasteiger charge is 2.50. The van der Waals surface area contributed by atoms with Crippen LogP contribution in [-0.2, 0) is 4.74 Å². The van der Waals surface area contributed by atoms with Crippen molar-refractivity contribution in [2.45, 2.75) is 38.0 Å². The van der Waals surface area contributed by atoms with Gasteiger partial charge in [0.2, 0.25) is 5.90 Å². The van der Waals surface area contributed by atoms with Gasteiger partial charge in [-0.2, -0.15) is 0 Å². The number of benzene rings is 5. The fraction of sp³-hybridized carbons (Fsp3) is 0.146. The smallest absolute Gasteiger partial charge is 0.216 e. The Morgan fingerprint density at radius 2 is 1.48 bits per heavy atom. The SMILES string of the molecule is C[C@]12C=CC=C(N(c3ccc4c5ccccc5n(C5C=CC=CC5)c4c3)c3ccccc3-c3ccccc3)C1=CCC1OC(c3ccccc3)=NC12. The fourth-order valence-corrected chi connectivity index (χ4v) is 8.86. The number of aliphatic imine (C=N–C) groups is 1. The Morgan fingerprint density at radius 3 is 2.31 bits per heavy atom. The predicted octanol–water partition coefficient (Wildman–Crippen LogP) is 11.7. The molecule has 1 aliphatic heterocycles. The van der Waals surface area contributed by atoms with Crippen LogP contribution < -0.4 is 4.90 Å². The second-order valence-electron chi connectivity index (χ2n) is 14.4. The maximum absolute atomic E-state index is 6.58. The molecule has 5 aromatic carbocycles. The van der Waals surface area contributed by atoms with Crippen LogP contribution in [0.25, 0.3) is 32.9 Å². The molecule has 10 rings (SSSR count). The summed E-state index contributed by atoms with van der Waals surface area (Å²) in [6.07, 6.45) is 20.0. The van der Waals surface area contributed by atoms with Gasteiger partial charge >= 0.3 is 0 Å². The highest BCUT2D eigenvalue weighted by atomic mass is 16.5. The zero-order chi connectivity index (χ0) is 34.6. The molecule has 0 saturated carbocycles. The summed E-state index contributed by atoms with van der Waals surface area (Å²) in [6, 6.07) is 46.0. The van der Waals surface area contributed by atoms with Crippen molar-refractivity contribution >= 4 is 39.1 Å². The number of rotatable bonds is 6. The molecule has 3 unspecified atom stereocenters. The van der Waals surface area contributed by atoms with Gasteiger partial charge in [0, 0.05) is 50.6 Å². The number of fused-ring (bicyclic) bond motifs is 6. The Morgan fingerprint density at radius 1 is 0.731 bits per heavy atom. The van der Waals surface area contributed by atoms with Crippen molar-refractivity contribution in [1.82, 2.24) is 4.57 Å². The lowest BCUT2D eigenvalue weighted by molar-refractivity contribution is 0.148. The minimum atomic E-state index is -0.359. The van der Waals surface area contributed by atoms with E-state index < -0.39 is 0 Å². The summed E-state index contributed by atoms with van der Waals surface area (Å²) in [5, 5.41) is 2.55. The lowest BCUT2D eigenvalue weighted by Gasteiger charge is -2.44. The highest BCUT2D eigenvalue weighted by molar-refractivity contribution is 6.09. The van der Waals surface area contributed by atoms with Crippen molar-refractivity contribution in [3.8, 4) is 11.1 Å². The van der Waals surface area contributed by atoms with Gasteiger partial charge in [-0.1, -0.05) is 134 Å². The molecule has 4 atom stereocenters. The molecular formula is C48H39N3O. The van der Waals surface area contributed by atoms with Crippen LogP contribution in [0, 0.1) is 5.41 Å². The third kappa shape index (κ3) is 4.85. The van der Waals surface area contributed by atoms with Gasteiger partial charge < -0.3 is 14.2 Å². The van der Waals surface area contributed by atoms with Crippen LogP contribution in [0.1, 0.15) is 31.4 Å². The number of aromatic nitrogens is 1. The van der Waals surface area contributed by atoms with Crippen molar-refractivity contribution in [2.75, 3.05) is 4.90 Å². The molecule has 1 aromatic heterocycles. The molecule has 0 saturated heterocycles. The molecule has 52 heavy (non-hydrogen) atoms. The molecule has 0 radical (unpaired) electrons. The molecule has 2 heterocycles. The Kier molecular flexibility index (Phi) is 7.24. The van der Waals surface area contributed by atoms with Gasteiger partial charge in [0.05, 0.1) is 17.2 Å². The van der Waals surface area contributed by atoms with Gasteiger partial charge in [0.25, 0.3) is 0 Å². The molecule has 4 aliphatic rings. The molecule has 3 aliphatic carbocycles. The van der Waals surface area contributed by atoms with E-state index in [4.69, 9.17) is 9.73 Å². The molecule has 0 fully saturated rings. The second-order valence-corrected chi connectivity index (χ2v) is 14.4. The van der Waals surface area contributed by atoms with E-state index in [1.807, 2.05) is 6.07 Å². The van der Waals surface area contributed by atoms with Gasteiger partial charge in [0.1, 0.15) is 12.1 Å². The van der Waals surface area contributed by atoms with E-state index in [9.17, 15) is 0 Å². The van der Waals surface area contributed by atoms with E-state index >= 15 is 0 Å². The van der Waals surface area contributed by atoms with Gasteiger partial charge in [-0.05, 0) is 67.0 Å². The molecule has 6 aromatic rings. The van der Waals surface area contributed by atoms with Crippen molar-refractivity contribution in [3.63, 3.8) is 0 Å². The van der Waals surface area contributed by atoms with E-state index in [0.717, 1.165) is 41.4 Å². The van der Waals surface area contributed by atoms with Crippen molar-refractivity contribution in [2.24, 2.45) is 10.4 Å². The van der Waals surface area contributed by atoms with Crippen molar-refractivity contribution in [1.29, 1.82) is 0 Å². The summed E-state index contributed by atoms with van der Waals surface area (Å²) in [6.45, 7) is 2.34. The summed E-state index contributed by atoms with van der Waals surface area (Å²) < 4.78 is 9.12. The molecular weight excluding hydrogens is 635 g/mol. The van der Waals surface area contributed by atoms with Crippen LogP contribution in [0.3, 0.4) is 0 Å². The normalized spacial score (nSPS) is 23.1. The lowest BCUT2D eigenvalue weighted by Crippen LogP contribution is -2.44. The van der Waals surface area contributed by atoms with Crippen LogP contribution in [0.15, 0.2) is 192 Å². The van der Waals surface area contributed by atoms with Crippen LogP contribution in [0.4, 0.5) is 11.4 Å². The van der Waals surface area contributed by atoms with Crippen LogP contribution in [-0.4, -0.2) is 22.6 Å². The number of ether oxygens (including phenoxy) is 1. The van der Waals surface area contributed by atoms with Gasteiger partial charge in [0.15, 0.2) is 0 Å². The Balaban J connectivity index is 1.17. The first-order chi connectivity index (χ1) is 25.7. The second kappa shape index (κ2) is 12.3. The molecule has 0 bridgehead atoms. The van der Waals surface area contributed by atoms with E-state index in [2.05, 4.69) is 186 Å². The van der Waals surface area contributed by atoms with E-state index in [1.54, 1.807) is 0 Å². The van der Waals surface area contributed by atoms with Gasteiger partial charge in [-0.3, -0.25) is 0 Å². The number of nitrogens with zero attached hydrogens (tertiary/aromatic N) is 3. The first-order valence-corrected chi connectivity index (χ1v) is 18.4. The number of para-hydroxylation sites is 2. The predicted molar refractivity (Wildman–Crippen MR) is 215 cm³/mol. The summed E-state index contributed by atoms with van der Waals surface area (Å²) in [7, 11) is 0. The zero-order valence-electron chi connectivity index (χ0n) is 29.1. The van der Waals surface area contributed by atoms with E-state index in [-0.39, 0.29) is 23.6 Å². The largest absolute Gasteiger partial charge is 0.471 e. The van der Waals surface area contributed by atoms with Crippen LogP contribution >= 0.6 is 0 Å². The number of hydrogen-bond donors (Lipinski definition) is 0. The average Bonchev–Trinajstić information content (AvgIpc) is 3.80. The topological polar surface area (TPSA) is 29.8 Å². The monoisotopic (exact) mass is 673 g/mol. The van der Waals surface area contributed by atoms with Crippen molar-refractivity contribution in [3.05, 3.63) is 193 Å². The Labute approximate surface area is 304 Å². The van der Waals surface area contributed by atoms with Gasteiger partial charge in [-0.15, -0.1) is 0 Å². The maximum Gasteiger partial charge on any atom is 0.216 e. The van der Waals surface area contributed by atoms with Crippen LogP contribution in [0.2, 0.25) is 0 Å². The number of hydrogen-bond acceptors (Lipinski definition) is 3. The Hall–Kier alpha value is -6.13. The average molecular weight is 674 g/mol. The maximum atomic E-state index is 6.58. The first kappa shape index (κ1) is 30.7. The minimum absolute atomic E-state index is 0.0114. The van der Waals surface area contributed by atoms with Crippen LogP contribution in [0.5, 0.6) is 0 Å². The van der Waals surface area contributed by atoms with E-state index in [1.165, 1.54) is 38.5 Å². The lowest BCUT2D eigenvalue weighted by atomic mass is 9.66. The van der Waals surface area contributed by atoms with Gasteiger partial charge in [-0.25, -0.2) is 4.99 Å². The minimum Gasteiger partial charge on any atom is -0.471 e. The molecule has 4 nitrogen and oxygen atoms in total.